The van der Waals surface area contributed by atoms with Crippen LogP contribution in [-0.4, -0.2) is 46.8 Å². The summed E-state index contributed by atoms with van der Waals surface area (Å²) in [5.41, 5.74) is 3.45. The first kappa shape index (κ1) is 22.7. The van der Waals surface area contributed by atoms with Gasteiger partial charge in [0.05, 0.1) is 30.3 Å². The maximum atomic E-state index is 13.3. The highest BCUT2D eigenvalue weighted by Crippen LogP contribution is 2.37. The fourth-order valence-electron chi connectivity index (χ4n) is 4.73. The van der Waals surface area contributed by atoms with Gasteiger partial charge in [-0.3, -0.25) is 9.59 Å². The third-order valence-electron chi connectivity index (χ3n) is 6.71. The zero-order chi connectivity index (χ0) is 23.6. The molecule has 1 aliphatic heterocycles. The summed E-state index contributed by atoms with van der Waals surface area (Å²) in [6, 6.07) is 15.8. The Balaban J connectivity index is 1.50. The summed E-state index contributed by atoms with van der Waals surface area (Å²) in [4.78, 5) is 27.7. The predicted octanol–water partition coefficient (Wildman–Crippen LogP) is 3.90. The maximum Gasteiger partial charge on any atom is 0.316 e. The number of hydrogen-bond donors (Lipinski definition) is 0. The Bertz CT molecular complexity index is 1150. The molecule has 2 heterocycles. The number of halogens is 1. The van der Waals surface area contributed by atoms with Gasteiger partial charge in [-0.1, -0.05) is 30.3 Å². The van der Waals surface area contributed by atoms with Crippen LogP contribution in [0, 0.1) is 19.7 Å². The minimum absolute atomic E-state index is 0.00591. The average Bonchev–Trinajstić information content (AvgIpc) is 3.12. The second-order valence-corrected chi connectivity index (χ2v) is 8.53. The monoisotopic (exact) mass is 449 g/mol. The number of methoxy groups -OCH3 is 1. The van der Waals surface area contributed by atoms with E-state index in [1.807, 2.05) is 49.1 Å². The summed E-state index contributed by atoms with van der Waals surface area (Å²) in [5.74, 6) is -0.557. The number of aryl methyl sites for hydroxylation is 1. The molecule has 0 bridgehead atoms. The van der Waals surface area contributed by atoms with E-state index in [2.05, 4.69) is 5.10 Å². The molecule has 6 nitrogen and oxygen atoms in total. The SMILES string of the molecule is COC(=O)C1(c2ccccc2)CCN(C(=O)Cc2c(C)nn(-c3ccc(F)cc3)c2C)CC1. The summed E-state index contributed by atoms with van der Waals surface area (Å²) < 4.78 is 20.2. The molecule has 0 radical (unpaired) electrons. The number of aromatic nitrogens is 2. The van der Waals surface area contributed by atoms with Gasteiger partial charge in [-0.2, -0.15) is 5.10 Å². The van der Waals surface area contributed by atoms with Crippen molar-refractivity contribution in [1.29, 1.82) is 0 Å². The van der Waals surface area contributed by atoms with Gasteiger partial charge in [-0.25, -0.2) is 9.07 Å². The molecule has 3 aromatic rings. The van der Waals surface area contributed by atoms with Crippen LogP contribution in [0.25, 0.3) is 5.69 Å². The number of amides is 1. The minimum atomic E-state index is -0.730. The van der Waals surface area contributed by atoms with Crippen LogP contribution in [0.4, 0.5) is 4.39 Å². The molecule has 172 valence electrons. The van der Waals surface area contributed by atoms with Crippen molar-refractivity contribution in [2.45, 2.75) is 38.5 Å². The molecule has 1 saturated heterocycles. The Kier molecular flexibility index (Phi) is 6.31. The van der Waals surface area contributed by atoms with E-state index in [4.69, 9.17) is 4.74 Å². The molecule has 0 aliphatic carbocycles. The molecule has 7 heteroatoms. The summed E-state index contributed by atoms with van der Waals surface area (Å²) in [6.45, 7) is 4.75. The number of carbonyl (C=O) groups excluding carboxylic acids is 2. The van der Waals surface area contributed by atoms with Crippen molar-refractivity contribution in [3.63, 3.8) is 0 Å². The first-order valence-corrected chi connectivity index (χ1v) is 11.1. The Morgan fingerprint density at radius 1 is 1.03 bits per heavy atom. The zero-order valence-corrected chi connectivity index (χ0v) is 19.2. The van der Waals surface area contributed by atoms with Crippen molar-refractivity contribution in [3.05, 3.63) is 82.9 Å². The molecule has 1 aromatic heterocycles. The number of hydrogen-bond acceptors (Lipinski definition) is 4. The van der Waals surface area contributed by atoms with Crippen molar-refractivity contribution >= 4 is 11.9 Å². The lowest BCUT2D eigenvalue weighted by Gasteiger charge is -2.40. The molecule has 33 heavy (non-hydrogen) atoms. The highest BCUT2D eigenvalue weighted by atomic mass is 19.1. The lowest BCUT2D eigenvalue weighted by molar-refractivity contribution is -0.151. The first-order valence-electron chi connectivity index (χ1n) is 11.1. The van der Waals surface area contributed by atoms with Gasteiger partial charge in [0.1, 0.15) is 5.82 Å². The quantitative estimate of drug-likeness (QED) is 0.554. The van der Waals surface area contributed by atoms with Crippen LogP contribution >= 0.6 is 0 Å². The van der Waals surface area contributed by atoms with Crippen molar-refractivity contribution < 1.29 is 18.7 Å². The van der Waals surface area contributed by atoms with Gasteiger partial charge < -0.3 is 9.64 Å². The van der Waals surface area contributed by atoms with Crippen molar-refractivity contribution in [2.24, 2.45) is 0 Å². The predicted molar refractivity (Wildman–Crippen MR) is 123 cm³/mol. The normalized spacial score (nSPS) is 15.3. The van der Waals surface area contributed by atoms with Crippen molar-refractivity contribution in [3.8, 4) is 5.69 Å². The number of nitrogens with zero attached hydrogens (tertiary/aromatic N) is 3. The first-order chi connectivity index (χ1) is 15.9. The summed E-state index contributed by atoms with van der Waals surface area (Å²) in [5, 5.41) is 4.57. The Morgan fingerprint density at radius 2 is 1.67 bits per heavy atom. The Labute approximate surface area is 193 Å². The second kappa shape index (κ2) is 9.17. The number of likely N-dealkylation sites (tertiary alicyclic amines) is 1. The van der Waals surface area contributed by atoms with E-state index in [0.29, 0.717) is 25.9 Å². The molecule has 0 saturated carbocycles. The Hall–Kier alpha value is -3.48. The maximum absolute atomic E-state index is 13.3. The number of rotatable bonds is 5. The van der Waals surface area contributed by atoms with Gasteiger partial charge in [0.15, 0.2) is 0 Å². The number of carbonyl (C=O) groups is 2. The molecule has 2 aromatic carbocycles. The van der Waals surface area contributed by atoms with E-state index in [9.17, 15) is 14.0 Å². The van der Waals surface area contributed by atoms with E-state index in [1.165, 1.54) is 19.2 Å². The van der Waals surface area contributed by atoms with Crippen molar-refractivity contribution in [2.75, 3.05) is 20.2 Å². The number of ether oxygens (including phenoxy) is 1. The van der Waals surface area contributed by atoms with Crippen LogP contribution in [0.2, 0.25) is 0 Å². The largest absolute Gasteiger partial charge is 0.468 e. The third-order valence-corrected chi connectivity index (χ3v) is 6.71. The van der Waals surface area contributed by atoms with Crippen LogP contribution in [0.15, 0.2) is 54.6 Å². The summed E-state index contributed by atoms with van der Waals surface area (Å²) >= 11 is 0. The van der Waals surface area contributed by atoms with Crippen molar-refractivity contribution in [1.82, 2.24) is 14.7 Å². The van der Waals surface area contributed by atoms with E-state index in [-0.39, 0.29) is 24.1 Å². The van der Waals surface area contributed by atoms with Gasteiger partial charge in [0.2, 0.25) is 5.91 Å². The van der Waals surface area contributed by atoms with Crippen LogP contribution in [0.5, 0.6) is 0 Å². The lowest BCUT2D eigenvalue weighted by Crippen LogP contribution is -2.49. The van der Waals surface area contributed by atoms with Gasteiger partial charge >= 0.3 is 5.97 Å². The molecule has 0 spiro atoms. The zero-order valence-electron chi connectivity index (χ0n) is 19.2. The van der Waals surface area contributed by atoms with E-state index in [1.54, 1.807) is 16.8 Å². The summed E-state index contributed by atoms with van der Waals surface area (Å²) in [7, 11) is 1.41. The highest BCUT2D eigenvalue weighted by molar-refractivity contribution is 5.84. The van der Waals surface area contributed by atoms with Gasteiger partial charge in [-0.15, -0.1) is 0 Å². The van der Waals surface area contributed by atoms with Crippen LogP contribution in [0.3, 0.4) is 0 Å². The Morgan fingerprint density at radius 3 is 2.27 bits per heavy atom. The molecule has 1 fully saturated rings. The second-order valence-electron chi connectivity index (χ2n) is 8.53. The van der Waals surface area contributed by atoms with Gasteiger partial charge in [0.25, 0.3) is 0 Å². The van der Waals surface area contributed by atoms with E-state index in [0.717, 1.165) is 28.2 Å². The third kappa shape index (κ3) is 4.27. The molecule has 0 atom stereocenters. The fraction of sp³-hybridized carbons (Fsp3) is 0.346. The van der Waals surface area contributed by atoms with Gasteiger partial charge in [-0.05, 0) is 56.5 Å². The fourth-order valence-corrected chi connectivity index (χ4v) is 4.73. The molecular weight excluding hydrogens is 421 g/mol. The highest BCUT2D eigenvalue weighted by Gasteiger charge is 2.44. The number of esters is 1. The minimum Gasteiger partial charge on any atom is -0.468 e. The number of benzene rings is 2. The smallest absolute Gasteiger partial charge is 0.316 e. The topological polar surface area (TPSA) is 64.4 Å². The van der Waals surface area contributed by atoms with Crippen LogP contribution in [-0.2, 0) is 26.2 Å². The summed E-state index contributed by atoms with van der Waals surface area (Å²) in [6.07, 6.45) is 1.26. The molecule has 0 N–H and O–H groups in total. The molecule has 0 unspecified atom stereocenters. The standard InChI is InChI=1S/C26H28FN3O3/c1-18-23(19(2)30(28-18)22-11-9-21(27)10-12-22)17-24(31)29-15-13-26(14-16-29,25(32)33-3)20-7-5-4-6-8-20/h4-12H,13-17H2,1-3H3. The van der Waals surface area contributed by atoms with Gasteiger partial charge in [0, 0.05) is 24.3 Å². The van der Waals surface area contributed by atoms with Crippen LogP contribution in [0.1, 0.15) is 35.4 Å². The molecule has 4 rings (SSSR count). The number of piperidine rings is 1. The molecule has 1 amide bonds. The van der Waals surface area contributed by atoms with Crippen LogP contribution < -0.4 is 0 Å². The lowest BCUT2D eigenvalue weighted by atomic mass is 9.72. The van der Waals surface area contributed by atoms with E-state index < -0.39 is 5.41 Å². The molecule has 1 aliphatic rings. The van der Waals surface area contributed by atoms with E-state index >= 15 is 0 Å². The average molecular weight is 450 g/mol. The molecular formula is C26H28FN3O3.